The van der Waals surface area contributed by atoms with Gasteiger partial charge >= 0.3 is 0 Å². The zero-order chi connectivity index (χ0) is 24.6. The second-order valence-corrected chi connectivity index (χ2v) is 8.63. The Balaban J connectivity index is 1.91. The summed E-state index contributed by atoms with van der Waals surface area (Å²) in [5.41, 5.74) is 6.49. The molecule has 4 aromatic rings. The summed E-state index contributed by atoms with van der Waals surface area (Å²) in [5, 5.41) is 31.9. The van der Waals surface area contributed by atoms with E-state index in [2.05, 4.69) is 0 Å². The molecular formula is C29H29NO4. The smallest absolute Gasteiger partial charge is 0.139 e. The molecule has 0 aliphatic carbocycles. The lowest BCUT2D eigenvalue weighted by Crippen LogP contribution is -2.14. The third-order valence-electron chi connectivity index (χ3n) is 6.30. The average molecular weight is 456 g/mol. The first-order chi connectivity index (χ1) is 16.2. The van der Waals surface area contributed by atoms with Crippen molar-refractivity contribution in [3.05, 3.63) is 94.5 Å². The number of aryl methyl sites for hydroxylation is 3. The number of hydrogen-bond donors (Lipinski definition) is 3. The second-order valence-electron chi connectivity index (χ2n) is 8.63. The summed E-state index contributed by atoms with van der Waals surface area (Å²) in [5.74, 6) is 1.45. The van der Waals surface area contributed by atoms with Crippen LogP contribution in [0.3, 0.4) is 0 Å². The van der Waals surface area contributed by atoms with Gasteiger partial charge in [-0.15, -0.1) is 0 Å². The third kappa shape index (κ3) is 4.25. The summed E-state index contributed by atoms with van der Waals surface area (Å²) < 4.78 is 6.03. The van der Waals surface area contributed by atoms with Crippen LogP contribution < -0.4 is 9.64 Å². The minimum absolute atomic E-state index is 0.109. The summed E-state index contributed by atoms with van der Waals surface area (Å²) >= 11 is 0. The molecule has 0 aliphatic rings. The van der Waals surface area contributed by atoms with E-state index in [1.54, 1.807) is 30.3 Å². The van der Waals surface area contributed by atoms with E-state index < -0.39 is 0 Å². The van der Waals surface area contributed by atoms with Crippen LogP contribution in [0, 0.1) is 34.6 Å². The molecule has 5 nitrogen and oxygen atoms in total. The Morgan fingerprint density at radius 1 is 0.559 bits per heavy atom. The van der Waals surface area contributed by atoms with E-state index in [-0.39, 0.29) is 17.2 Å². The Hall–Kier alpha value is -4.12. The zero-order valence-corrected chi connectivity index (χ0v) is 20.0. The second kappa shape index (κ2) is 9.02. The Morgan fingerprint density at radius 2 is 1.09 bits per heavy atom. The number of hydrogen-bond acceptors (Lipinski definition) is 5. The average Bonchev–Trinajstić information content (AvgIpc) is 2.81. The van der Waals surface area contributed by atoms with Gasteiger partial charge in [0.2, 0.25) is 0 Å². The van der Waals surface area contributed by atoms with Crippen LogP contribution in [0.15, 0.2) is 66.7 Å². The van der Waals surface area contributed by atoms with Crippen LogP contribution in [0.5, 0.6) is 28.7 Å². The molecule has 4 rings (SSSR count). The summed E-state index contributed by atoms with van der Waals surface area (Å²) in [7, 11) is 0. The molecule has 0 aromatic heterocycles. The Bertz CT molecular complexity index is 1320. The molecule has 0 bridgehead atoms. The maximum absolute atomic E-state index is 10.9. The number of phenols is 3. The van der Waals surface area contributed by atoms with E-state index in [0.29, 0.717) is 28.6 Å². The third-order valence-corrected chi connectivity index (χ3v) is 6.30. The topological polar surface area (TPSA) is 73.2 Å². The van der Waals surface area contributed by atoms with Gasteiger partial charge in [-0.05, 0) is 92.8 Å². The van der Waals surface area contributed by atoms with Crippen molar-refractivity contribution in [2.45, 2.75) is 34.6 Å². The molecule has 0 saturated heterocycles. The highest BCUT2D eigenvalue weighted by Gasteiger charge is 2.24. The first-order valence-corrected chi connectivity index (χ1v) is 11.1. The van der Waals surface area contributed by atoms with Crippen LogP contribution in [0.25, 0.3) is 0 Å². The van der Waals surface area contributed by atoms with Crippen molar-refractivity contribution >= 4 is 17.1 Å². The van der Waals surface area contributed by atoms with Crippen molar-refractivity contribution in [1.82, 2.24) is 0 Å². The van der Waals surface area contributed by atoms with Gasteiger partial charge in [-0.1, -0.05) is 24.3 Å². The SMILES string of the molecule is Cc1ccc(Oc2cccc(N(c3c(O)ccc(C)c3C)c3c(O)ccc(C)c3C)c2)cc1O. The number of nitrogens with zero attached hydrogens (tertiary/aromatic N) is 1. The molecule has 0 saturated carbocycles. The highest BCUT2D eigenvalue weighted by molar-refractivity contribution is 5.87. The van der Waals surface area contributed by atoms with Gasteiger partial charge in [0.25, 0.3) is 0 Å². The van der Waals surface area contributed by atoms with Gasteiger partial charge in [-0.25, -0.2) is 0 Å². The molecule has 0 aliphatic heterocycles. The number of rotatable bonds is 5. The fourth-order valence-electron chi connectivity index (χ4n) is 3.98. The summed E-state index contributed by atoms with van der Waals surface area (Å²) in [6.07, 6.45) is 0. The maximum atomic E-state index is 10.9. The lowest BCUT2D eigenvalue weighted by Gasteiger charge is -2.31. The predicted molar refractivity (Wildman–Crippen MR) is 136 cm³/mol. The van der Waals surface area contributed by atoms with Crippen molar-refractivity contribution in [2.24, 2.45) is 0 Å². The zero-order valence-electron chi connectivity index (χ0n) is 20.0. The summed E-state index contributed by atoms with van der Waals surface area (Å²) in [6.45, 7) is 9.71. The highest BCUT2D eigenvalue weighted by atomic mass is 16.5. The van der Waals surface area contributed by atoms with Crippen molar-refractivity contribution in [3.8, 4) is 28.7 Å². The normalized spacial score (nSPS) is 10.9. The minimum atomic E-state index is 0.109. The quantitative estimate of drug-likeness (QED) is 0.289. The maximum Gasteiger partial charge on any atom is 0.139 e. The standard InChI is InChI=1S/C29H29NO4/c1-17-10-13-25(31)28(20(17)4)30(29-21(5)18(2)11-14-26(29)32)22-7-6-8-23(15-22)34-24-12-9-19(3)27(33)16-24/h6-16,31-33H,1-5H3. The number of anilines is 3. The van der Waals surface area contributed by atoms with Gasteiger partial charge in [0.05, 0.1) is 17.1 Å². The van der Waals surface area contributed by atoms with Crippen LogP contribution >= 0.6 is 0 Å². The van der Waals surface area contributed by atoms with Crippen molar-refractivity contribution in [3.63, 3.8) is 0 Å². The number of phenolic OH excluding ortho intramolecular Hbond substituents is 3. The molecule has 0 unspecified atom stereocenters. The largest absolute Gasteiger partial charge is 0.508 e. The van der Waals surface area contributed by atoms with Crippen LogP contribution in [0.1, 0.15) is 27.8 Å². The van der Waals surface area contributed by atoms with E-state index in [4.69, 9.17) is 4.74 Å². The lowest BCUT2D eigenvalue weighted by molar-refractivity contribution is 0.452. The fraction of sp³-hybridized carbons (Fsp3) is 0.172. The molecule has 0 atom stereocenters. The van der Waals surface area contributed by atoms with Crippen molar-refractivity contribution in [2.75, 3.05) is 4.90 Å². The van der Waals surface area contributed by atoms with E-state index in [1.165, 1.54) is 0 Å². The van der Waals surface area contributed by atoms with Gasteiger partial charge in [-0.3, -0.25) is 0 Å². The van der Waals surface area contributed by atoms with Gasteiger partial charge < -0.3 is 25.0 Å². The molecule has 4 aromatic carbocycles. The van der Waals surface area contributed by atoms with Gasteiger partial charge in [0.1, 0.15) is 28.7 Å². The molecule has 0 radical (unpaired) electrons. The summed E-state index contributed by atoms with van der Waals surface area (Å²) in [4.78, 5) is 1.87. The van der Waals surface area contributed by atoms with Gasteiger partial charge in [0.15, 0.2) is 0 Å². The molecule has 0 fully saturated rings. The van der Waals surface area contributed by atoms with Crippen LogP contribution in [0.2, 0.25) is 0 Å². The molecule has 5 heteroatoms. The van der Waals surface area contributed by atoms with E-state index in [1.807, 2.05) is 75.9 Å². The Labute approximate surface area is 200 Å². The highest BCUT2D eigenvalue weighted by Crippen LogP contribution is 2.48. The van der Waals surface area contributed by atoms with Crippen molar-refractivity contribution in [1.29, 1.82) is 0 Å². The van der Waals surface area contributed by atoms with Crippen molar-refractivity contribution < 1.29 is 20.1 Å². The number of aromatic hydroxyl groups is 3. The Morgan fingerprint density at radius 3 is 1.65 bits per heavy atom. The first kappa shape index (κ1) is 23.1. The van der Waals surface area contributed by atoms with E-state index in [0.717, 1.165) is 27.8 Å². The Kier molecular flexibility index (Phi) is 6.12. The summed E-state index contributed by atoms with van der Waals surface area (Å²) in [6, 6.07) is 19.7. The number of ether oxygens (including phenoxy) is 1. The fourth-order valence-corrected chi connectivity index (χ4v) is 3.98. The first-order valence-electron chi connectivity index (χ1n) is 11.1. The molecule has 174 valence electrons. The van der Waals surface area contributed by atoms with Crippen LogP contribution in [0.4, 0.5) is 17.1 Å². The molecule has 0 spiro atoms. The molecule has 0 amide bonds. The number of benzene rings is 4. The molecule has 0 heterocycles. The van der Waals surface area contributed by atoms with Crippen LogP contribution in [-0.2, 0) is 0 Å². The van der Waals surface area contributed by atoms with E-state index in [9.17, 15) is 15.3 Å². The molecular weight excluding hydrogens is 426 g/mol. The van der Waals surface area contributed by atoms with Gasteiger partial charge in [0, 0.05) is 12.1 Å². The monoisotopic (exact) mass is 455 g/mol. The molecule has 34 heavy (non-hydrogen) atoms. The lowest BCUT2D eigenvalue weighted by atomic mass is 10.0. The molecule has 3 N–H and O–H groups in total. The van der Waals surface area contributed by atoms with E-state index >= 15 is 0 Å². The van der Waals surface area contributed by atoms with Crippen LogP contribution in [-0.4, -0.2) is 15.3 Å². The predicted octanol–water partition coefficient (Wildman–Crippen LogP) is 7.61. The van der Waals surface area contributed by atoms with Gasteiger partial charge in [-0.2, -0.15) is 0 Å². The minimum Gasteiger partial charge on any atom is -0.508 e.